The Kier molecular flexibility index (Phi) is 7.72. The first-order valence-electron chi connectivity index (χ1n) is 9.17. The summed E-state index contributed by atoms with van der Waals surface area (Å²) in [5.41, 5.74) is 6.17. The monoisotopic (exact) mass is 324 g/mol. The summed E-state index contributed by atoms with van der Waals surface area (Å²) in [6.07, 6.45) is 2.89. The van der Waals surface area contributed by atoms with Crippen molar-refractivity contribution in [3.8, 4) is 0 Å². The van der Waals surface area contributed by atoms with E-state index in [0.29, 0.717) is 18.4 Å². The lowest BCUT2D eigenvalue weighted by Gasteiger charge is -2.36. The molecule has 0 heterocycles. The predicted octanol–water partition coefficient (Wildman–Crippen LogP) is 3.00. The van der Waals surface area contributed by atoms with E-state index in [1.807, 2.05) is 0 Å². The van der Waals surface area contributed by atoms with Gasteiger partial charge in [0.2, 0.25) is 5.91 Å². The Labute approximate surface area is 142 Å². The van der Waals surface area contributed by atoms with E-state index in [9.17, 15) is 9.59 Å². The molecule has 0 aromatic heterocycles. The number of rotatable bonds is 7. The van der Waals surface area contributed by atoms with Crippen LogP contribution in [-0.2, 0) is 9.59 Å². The van der Waals surface area contributed by atoms with Crippen molar-refractivity contribution < 1.29 is 9.59 Å². The van der Waals surface area contributed by atoms with Crippen molar-refractivity contribution in [2.24, 2.45) is 41.2 Å². The van der Waals surface area contributed by atoms with Gasteiger partial charge in [-0.25, -0.2) is 0 Å². The molecule has 6 atom stereocenters. The van der Waals surface area contributed by atoms with Gasteiger partial charge in [-0.15, -0.1) is 0 Å². The molecule has 0 aromatic carbocycles. The van der Waals surface area contributed by atoms with Crippen LogP contribution in [0.2, 0.25) is 0 Å². The standard InChI is InChI=1S/C19H36N2O2/c1-11(2)7-13(4)17(15(6)22)10-21-19(23)16-8-12(3)9-18(20)14(16)5/h11-14,16-18H,7-10,20H2,1-6H3,(H,21,23). The van der Waals surface area contributed by atoms with Gasteiger partial charge in [0.15, 0.2) is 0 Å². The summed E-state index contributed by atoms with van der Waals surface area (Å²) >= 11 is 0. The van der Waals surface area contributed by atoms with Crippen molar-refractivity contribution in [1.82, 2.24) is 5.32 Å². The fourth-order valence-corrected chi connectivity index (χ4v) is 4.06. The number of amides is 1. The molecule has 1 aliphatic rings. The minimum Gasteiger partial charge on any atom is -0.355 e. The van der Waals surface area contributed by atoms with Crippen LogP contribution in [0.4, 0.5) is 0 Å². The van der Waals surface area contributed by atoms with E-state index < -0.39 is 0 Å². The maximum absolute atomic E-state index is 12.6. The highest BCUT2D eigenvalue weighted by Gasteiger charge is 2.36. The van der Waals surface area contributed by atoms with Crippen molar-refractivity contribution in [1.29, 1.82) is 0 Å². The molecule has 0 radical (unpaired) electrons. The van der Waals surface area contributed by atoms with Crippen molar-refractivity contribution in [3.05, 3.63) is 0 Å². The average Bonchev–Trinajstić information content (AvgIpc) is 2.41. The van der Waals surface area contributed by atoms with Gasteiger partial charge in [0.05, 0.1) is 0 Å². The molecule has 0 bridgehead atoms. The Bertz CT molecular complexity index is 408. The first-order valence-corrected chi connectivity index (χ1v) is 9.17. The molecule has 23 heavy (non-hydrogen) atoms. The van der Waals surface area contributed by atoms with Gasteiger partial charge < -0.3 is 11.1 Å². The van der Waals surface area contributed by atoms with Gasteiger partial charge in [-0.05, 0) is 49.9 Å². The van der Waals surface area contributed by atoms with Gasteiger partial charge in [0.25, 0.3) is 0 Å². The van der Waals surface area contributed by atoms with E-state index >= 15 is 0 Å². The molecule has 4 heteroatoms. The fourth-order valence-electron chi connectivity index (χ4n) is 4.06. The molecular weight excluding hydrogens is 288 g/mol. The van der Waals surface area contributed by atoms with E-state index in [0.717, 1.165) is 19.3 Å². The number of ketones is 1. The molecule has 6 unspecified atom stereocenters. The predicted molar refractivity (Wildman–Crippen MR) is 94.8 cm³/mol. The average molecular weight is 325 g/mol. The zero-order chi connectivity index (χ0) is 17.7. The molecular formula is C19H36N2O2. The third kappa shape index (κ3) is 5.91. The van der Waals surface area contributed by atoms with Gasteiger partial charge in [-0.2, -0.15) is 0 Å². The number of carbonyl (C=O) groups is 2. The third-order valence-electron chi connectivity index (χ3n) is 5.53. The Morgan fingerprint density at radius 3 is 2.30 bits per heavy atom. The summed E-state index contributed by atoms with van der Waals surface area (Å²) < 4.78 is 0. The second kappa shape index (κ2) is 8.81. The van der Waals surface area contributed by atoms with Crippen LogP contribution in [0, 0.1) is 35.5 Å². The summed E-state index contributed by atoms with van der Waals surface area (Å²) in [5, 5.41) is 3.04. The maximum atomic E-state index is 12.6. The van der Waals surface area contributed by atoms with E-state index in [1.54, 1.807) is 6.92 Å². The molecule has 0 aromatic rings. The number of Topliss-reactive ketones (excluding diaryl/α,β-unsaturated/α-hetero) is 1. The fraction of sp³-hybridized carbons (Fsp3) is 0.895. The molecule has 134 valence electrons. The smallest absolute Gasteiger partial charge is 0.223 e. The Balaban J connectivity index is 2.62. The normalized spacial score (nSPS) is 30.8. The van der Waals surface area contributed by atoms with Crippen LogP contribution in [0.5, 0.6) is 0 Å². The Morgan fingerprint density at radius 1 is 1.17 bits per heavy atom. The molecule has 1 fully saturated rings. The lowest BCUT2D eigenvalue weighted by Crippen LogP contribution is -2.47. The topological polar surface area (TPSA) is 72.2 Å². The summed E-state index contributed by atoms with van der Waals surface area (Å²) in [6.45, 7) is 12.8. The first kappa shape index (κ1) is 20.1. The van der Waals surface area contributed by atoms with Gasteiger partial charge in [0, 0.05) is 24.4 Å². The molecule has 1 saturated carbocycles. The summed E-state index contributed by atoms with van der Waals surface area (Å²) in [7, 11) is 0. The second-order valence-corrected chi connectivity index (χ2v) is 8.28. The SMILES string of the molecule is CC(=O)C(CNC(=O)C1CC(C)CC(N)C1C)C(C)CC(C)C. The minimum atomic E-state index is -0.0913. The summed E-state index contributed by atoms with van der Waals surface area (Å²) in [5.74, 6) is 1.66. The summed E-state index contributed by atoms with van der Waals surface area (Å²) in [6, 6.07) is 0.0953. The second-order valence-electron chi connectivity index (χ2n) is 8.28. The highest BCUT2D eigenvalue weighted by Crippen LogP contribution is 2.33. The molecule has 1 rings (SSSR count). The molecule has 3 N–H and O–H groups in total. The Hall–Kier alpha value is -0.900. The van der Waals surface area contributed by atoms with Crippen LogP contribution in [0.3, 0.4) is 0 Å². The number of hydrogen-bond acceptors (Lipinski definition) is 3. The van der Waals surface area contributed by atoms with E-state index in [1.165, 1.54) is 0 Å². The lowest BCUT2D eigenvalue weighted by molar-refractivity contribution is -0.129. The maximum Gasteiger partial charge on any atom is 0.223 e. The minimum absolute atomic E-state index is 0.0261. The van der Waals surface area contributed by atoms with Crippen LogP contribution in [-0.4, -0.2) is 24.3 Å². The number of nitrogens with one attached hydrogen (secondary N) is 1. The summed E-state index contributed by atoms with van der Waals surface area (Å²) in [4.78, 5) is 24.5. The zero-order valence-electron chi connectivity index (χ0n) is 15.8. The van der Waals surface area contributed by atoms with Gasteiger partial charge >= 0.3 is 0 Å². The Morgan fingerprint density at radius 2 is 1.78 bits per heavy atom. The van der Waals surface area contributed by atoms with Crippen LogP contribution in [0.15, 0.2) is 0 Å². The van der Waals surface area contributed by atoms with Crippen molar-refractivity contribution in [2.45, 2.75) is 66.8 Å². The molecule has 0 saturated heterocycles. The molecule has 0 aliphatic heterocycles. The molecule has 0 spiro atoms. The number of carbonyl (C=O) groups excluding carboxylic acids is 2. The molecule has 1 amide bonds. The van der Waals surface area contributed by atoms with Crippen molar-refractivity contribution >= 4 is 11.7 Å². The van der Waals surface area contributed by atoms with Crippen molar-refractivity contribution in [3.63, 3.8) is 0 Å². The first-order chi connectivity index (χ1) is 10.6. The number of nitrogens with two attached hydrogens (primary N) is 1. The quantitative estimate of drug-likeness (QED) is 0.756. The third-order valence-corrected chi connectivity index (χ3v) is 5.53. The largest absolute Gasteiger partial charge is 0.355 e. The molecule has 4 nitrogen and oxygen atoms in total. The van der Waals surface area contributed by atoms with E-state index in [2.05, 4.69) is 39.9 Å². The van der Waals surface area contributed by atoms with Gasteiger partial charge in [0.1, 0.15) is 5.78 Å². The van der Waals surface area contributed by atoms with Gasteiger partial charge in [-0.1, -0.05) is 34.6 Å². The van der Waals surface area contributed by atoms with Crippen molar-refractivity contribution in [2.75, 3.05) is 6.54 Å². The highest BCUT2D eigenvalue weighted by atomic mass is 16.2. The number of hydrogen-bond donors (Lipinski definition) is 2. The molecule has 1 aliphatic carbocycles. The van der Waals surface area contributed by atoms with Crippen LogP contribution in [0.1, 0.15) is 60.8 Å². The van der Waals surface area contributed by atoms with Crippen LogP contribution in [0.25, 0.3) is 0 Å². The zero-order valence-corrected chi connectivity index (χ0v) is 15.8. The lowest BCUT2D eigenvalue weighted by atomic mass is 9.72. The highest BCUT2D eigenvalue weighted by molar-refractivity contribution is 5.82. The van der Waals surface area contributed by atoms with Crippen LogP contribution < -0.4 is 11.1 Å². The van der Waals surface area contributed by atoms with Gasteiger partial charge in [-0.3, -0.25) is 9.59 Å². The van der Waals surface area contributed by atoms with Crippen LogP contribution >= 0.6 is 0 Å². The van der Waals surface area contributed by atoms with E-state index in [-0.39, 0.29) is 41.4 Å². The van der Waals surface area contributed by atoms with E-state index in [4.69, 9.17) is 5.73 Å².